The van der Waals surface area contributed by atoms with Crippen LogP contribution in [0, 0.1) is 17.2 Å². The van der Waals surface area contributed by atoms with Crippen molar-refractivity contribution in [3.05, 3.63) is 29.8 Å². The van der Waals surface area contributed by atoms with Gasteiger partial charge in [0.05, 0.1) is 17.8 Å². The Morgan fingerprint density at radius 2 is 2.32 bits per heavy atom. The SMILES string of the molecule is C[C@@H]1CCCN(CC(=O)Nc2ccccc2C#N)C1. The smallest absolute Gasteiger partial charge is 0.238 e. The first-order valence-electron chi connectivity index (χ1n) is 6.70. The maximum atomic E-state index is 12.0. The number of carbonyl (C=O) groups is 1. The van der Waals surface area contributed by atoms with E-state index in [9.17, 15) is 4.79 Å². The Morgan fingerprint density at radius 3 is 3.05 bits per heavy atom. The molecule has 0 aromatic heterocycles. The number of nitrogens with one attached hydrogen (secondary N) is 1. The summed E-state index contributed by atoms with van der Waals surface area (Å²) in [6, 6.07) is 9.16. The molecule has 1 N–H and O–H groups in total. The van der Waals surface area contributed by atoms with E-state index in [1.54, 1.807) is 18.2 Å². The average Bonchev–Trinajstić information content (AvgIpc) is 2.39. The molecule has 0 bridgehead atoms. The van der Waals surface area contributed by atoms with E-state index in [1.165, 1.54) is 6.42 Å². The van der Waals surface area contributed by atoms with Gasteiger partial charge in [-0.25, -0.2) is 0 Å². The fourth-order valence-electron chi connectivity index (χ4n) is 2.51. The number of hydrogen-bond donors (Lipinski definition) is 1. The van der Waals surface area contributed by atoms with Crippen molar-refractivity contribution >= 4 is 11.6 Å². The van der Waals surface area contributed by atoms with Crippen molar-refractivity contribution in [3.63, 3.8) is 0 Å². The highest BCUT2D eigenvalue weighted by Crippen LogP contribution is 2.16. The summed E-state index contributed by atoms with van der Waals surface area (Å²) in [5.74, 6) is 0.616. The first-order chi connectivity index (χ1) is 9.19. The molecule has 4 heteroatoms. The van der Waals surface area contributed by atoms with Crippen molar-refractivity contribution in [1.29, 1.82) is 5.26 Å². The van der Waals surface area contributed by atoms with Crippen LogP contribution in [-0.4, -0.2) is 30.4 Å². The maximum absolute atomic E-state index is 12.0. The summed E-state index contributed by atoms with van der Waals surface area (Å²) < 4.78 is 0. The lowest BCUT2D eigenvalue weighted by Gasteiger charge is -2.30. The highest BCUT2D eigenvalue weighted by Gasteiger charge is 2.18. The summed E-state index contributed by atoms with van der Waals surface area (Å²) in [5, 5.41) is 11.8. The van der Waals surface area contributed by atoms with Crippen molar-refractivity contribution in [3.8, 4) is 6.07 Å². The lowest BCUT2D eigenvalue weighted by Crippen LogP contribution is -2.39. The molecule has 0 unspecified atom stereocenters. The van der Waals surface area contributed by atoms with Crippen molar-refractivity contribution in [2.75, 3.05) is 25.0 Å². The Hall–Kier alpha value is -1.86. The topological polar surface area (TPSA) is 56.1 Å². The van der Waals surface area contributed by atoms with Gasteiger partial charge in [-0.2, -0.15) is 5.26 Å². The Labute approximate surface area is 114 Å². The molecule has 0 spiro atoms. The summed E-state index contributed by atoms with van der Waals surface area (Å²) in [6.45, 7) is 4.59. The molecule has 1 aromatic rings. The third kappa shape index (κ3) is 3.80. The number of piperidine rings is 1. The van der Waals surface area contributed by atoms with Crippen LogP contribution in [0.1, 0.15) is 25.3 Å². The van der Waals surface area contributed by atoms with Crippen LogP contribution >= 0.6 is 0 Å². The van der Waals surface area contributed by atoms with Gasteiger partial charge in [0.1, 0.15) is 6.07 Å². The van der Waals surface area contributed by atoms with Gasteiger partial charge in [0.2, 0.25) is 5.91 Å². The zero-order valence-corrected chi connectivity index (χ0v) is 11.2. The van der Waals surface area contributed by atoms with E-state index >= 15 is 0 Å². The Morgan fingerprint density at radius 1 is 1.53 bits per heavy atom. The van der Waals surface area contributed by atoms with E-state index in [2.05, 4.69) is 23.2 Å². The second-order valence-corrected chi connectivity index (χ2v) is 5.19. The van der Waals surface area contributed by atoms with E-state index in [-0.39, 0.29) is 5.91 Å². The zero-order valence-electron chi connectivity index (χ0n) is 11.2. The van der Waals surface area contributed by atoms with Gasteiger partial charge in [0, 0.05) is 6.54 Å². The van der Waals surface area contributed by atoms with Crippen molar-refractivity contribution in [2.24, 2.45) is 5.92 Å². The first kappa shape index (κ1) is 13.6. The van der Waals surface area contributed by atoms with Crippen LogP contribution in [0.15, 0.2) is 24.3 Å². The molecule has 1 fully saturated rings. The van der Waals surface area contributed by atoms with Crippen LogP contribution in [0.25, 0.3) is 0 Å². The van der Waals surface area contributed by atoms with Crippen molar-refractivity contribution < 1.29 is 4.79 Å². The zero-order chi connectivity index (χ0) is 13.7. The molecular weight excluding hydrogens is 238 g/mol. The number of carbonyl (C=O) groups excluding carboxylic acids is 1. The van der Waals surface area contributed by atoms with Crippen LogP contribution in [-0.2, 0) is 4.79 Å². The van der Waals surface area contributed by atoms with Gasteiger partial charge < -0.3 is 5.32 Å². The summed E-state index contributed by atoms with van der Waals surface area (Å²) >= 11 is 0. The Balaban J connectivity index is 1.92. The Kier molecular flexibility index (Phi) is 4.53. The van der Waals surface area contributed by atoms with E-state index in [4.69, 9.17) is 5.26 Å². The summed E-state index contributed by atoms with van der Waals surface area (Å²) in [7, 11) is 0. The molecule has 1 aromatic carbocycles. The molecule has 0 radical (unpaired) electrons. The van der Waals surface area contributed by atoms with Crippen molar-refractivity contribution in [2.45, 2.75) is 19.8 Å². The van der Waals surface area contributed by atoms with Gasteiger partial charge >= 0.3 is 0 Å². The molecule has 1 aliphatic rings. The molecule has 1 saturated heterocycles. The number of nitrogens with zero attached hydrogens (tertiary/aromatic N) is 2. The highest BCUT2D eigenvalue weighted by atomic mass is 16.2. The molecule has 0 saturated carbocycles. The Bertz CT molecular complexity index is 492. The third-order valence-corrected chi connectivity index (χ3v) is 3.43. The standard InChI is InChI=1S/C15H19N3O/c1-12-5-4-8-18(10-12)11-15(19)17-14-7-3-2-6-13(14)9-16/h2-3,6-7,12H,4-5,8,10-11H2,1H3,(H,17,19)/t12-/m1/s1. The van der Waals surface area contributed by atoms with Gasteiger partial charge in [-0.05, 0) is 37.4 Å². The number of para-hydroxylation sites is 1. The fourth-order valence-corrected chi connectivity index (χ4v) is 2.51. The van der Waals surface area contributed by atoms with Gasteiger partial charge in [-0.1, -0.05) is 19.1 Å². The average molecular weight is 257 g/mol. The van der Waals surface area contributed by atoms with E-state index < -0.39 is 0 Å². The van der Waals surface area contributed by atoms with E-state index in [0.717, 1.165) is 19.5 Å². The molecule has 2 rings (SSSR count). The number of rotatable bonds is 3. The lowest BCUT2D eigenvalue weighted by atomic mass is 10.0. The molecule has 1 heterocycles. The summed E-state index contributed by atoms with van der Waals surface area (Å²) in [5.41, 5.74) is 1.10. The predicted molar refractivity (Wildman–Crippen MR) is 74.6 cm³/mol. The normalized spacial score (nSPS) is 19.7. The second-order valence-electron chi connectivity index (χ2n) is 5.19. The monoisotopic (exact) mass is 257 g/mol. The number of amides is 1. The van der Waals surface area contributed by atoms with Gasteiger partial charge in [0.25, 0.3) is 0 Å². The molecule has 1 atom stereocenters. The predicted octanol–water partition coefficient (Wildman–Crippen LogP) is 2.23. The third-order valence-electron chi connectivity index (χ3n) is 3.43. The molecule has 1 aliphatic heterocycles. The quantitative estimate of drug-likeness (QED) is 0.903. The fraction of sp³-hybridized carbons (Fsp3) is 0.467. The number of likely N-dealkylation sites (tertiary alicyclic amines) is 1. The number of anilines is 1. The van der Waals surface area contributed by atoms with Crippen LogP contribution in [0.2, 0.25) is 0 Å². The first-order valence-corrected chi connectivity index (χ1v) is 6.70. The van der Waals surface area contributed by atoms with Gasteiger partial charge in [0.15, 0.2) is 0 Å². The number of nitriles is 1. The maximum Gasteiger partial charge on any atom is 0.238 e. The molecule has 19 heavy (non-hydrogen) atoms. The molecule has 1 amide bonds. The van der Waals surface area contributed by atoms with E-state index in [0.29, 0.717) is 23.7 Å². The van der Waals surface area contributed by atoms with Gasteiger partial charge in [-0.3, -0.25) is 9.69 Å². The van der Waals surface area contributed by atoms with Crippen LogP contribution in [0.4, 0.5) is 5.69 Å². The second kappa shape index (κ2) is 6.35. The molecule has 100 valence electrons. The molecule has 0 aliphatic carbocycles. The van der Waals surface area contributed by atoms with E-state index in [1.807, 2.05) is 6.07 Å². The number of hydrogen-bond acceptors (Lipinski definition) is 3. The van der Waals surface area contributed by atoms with Crippen molar-refractivity contribution in [1.82, 2.24) is 4.90 Å². The largest absolute Gasteiger partial charge is 0.324 e. The van der Waals surface area contributed by atoms with Crippen LogP contribution < -0.4 is 5.32 Å². The minimum Gasteiger partial charge on any atom is -0.324 e. The van der Waals surface area contributed by atoms with Gasteiger partial charge in [-0.15, -0.1) is 0 Å². The minimum atomic E-state index is -0.0446. The lowest BCUT2D eigenvalue weighted by molar-refractivity contribution is -0.117. The highest BCUT2D eigenvalue weighted by molar-refractivity contribution is 5.93. The number of benzene rings is 1. The molecule has 4 nitrogen and oxygen atoms in total. The summed E-state index contributed by atoms with van der Waals surface area (Å²) in [4.78, 5) is 14.2. The van der Waals surface area contributed by atoms with Crippen LogP contribution in [0.5, 0.6) is 0 Å². The molecular formula is C15H19N3O. The van der Waals surface area contributed by atoms with Crippen LogP contribution in [0.3, 0.4) is 0 Å². The summed E-state index contributed by atoms with van der Waals surface area (Å²) in [6.07, 6.45) is 2.40. The minimum absolute atomic E-state index is 0.0446.